The van der Waals surface area contributed by atoms with E-state index in [1.54, 1.807) is 0 Å². The van der Waals surface area contributed by atoms with Crippen LogP contribution in [0.4, 0.5) is 39.5 Å². The molecule has 0 radical (unpaired) electrons. The van der Waals surface area contributed by atoms with E-state index in [0.29, 0.717) is 0 Å². The van der Waals surface area contributed by atoms with Gasteiger partial charge in [0.05, 0.1) is 19.1 Å². The van der Waals surface area contributed by atoms with Crippen LogP contribution in [0.1, 0.15) is 18.9 Å². The van der Waals surface area contributed by atoms with Crippen molar-refractivity contribution in [3.8, 4) is 5.75 Å². The summed E-state index contributed by atoms with van der Waals surface area (Å²) in [5, 5.41) is 0. The molecule has 1 rings (SSSR count). The van der Waals surface area contributed by atoms with Gasteiger partial charge in [-0.25, -0.2) is 0 Å². The molecular weight excluding hydrogens is 383 g/mol. The second-order valence-electron chi connectivity index (χ2n) is 5.66. The molecule has 2 nitrogen and oxygen atoms in total. The minimum absolute atomic E-state index is 0.0986. The molecule has 0 aliphatic rings. The Balaban J connectivity index is 3.40. The molecular formula is C15H15F9O2. The number of hydrogen-bond donors (Lipinski definition) is 0. The first-order chi connectivity index (χ1) is 11.6. The Kier molecular flexibility index (Phi) is 5.87. The predicted octanol–water partition coefficient (Wildman–Crippen LogP) is 5.42. The van der Waals surface area contributed by atoms with Gasteiger partial charge in [0.25, 0.3) is 0 Å². The largest absolute Gasteiger partial charge is 0.496 e. The van der Waals surface area contributed by atoms with Gasteiger partial charge in [0, 0.05) is 12.7 Å². The van der Waals surface area contributed by atoms with E-state index in [4.69, 9.17) is 9.47 Å². The lowest BCUT2D eigenvalue weighted by molar-refractivity contribution is -0.400. The molecule has 0 bridgehead atoms. The van der Waals surface area contributed by atoms with Gasteiger partial charge in [-0.3, -0.25) is 0 Å². The summed E-state index contributed by atoms with van der Waals surface area (Å²) in [4.78, 5) is 0. The molecule has 0 aromatic heterocycles. The maximum atomic E-state index is 14.0. The van der Waals surface area contributed by atoms with Gasteiger partial charge in [-0.2, -0.15) is 39.5 Å². The van der Waals surface area contributed by atoms with Crippen LogP contribution in [0.3, 0.4) is 0 Å². The lowest BCUT2D eigenvalue weighted by atomic mass is 9.85. The SMILES string of the molecule is COc1ccccc1C(C)(CC(F)(F)C(F)(F)C(F)(F)C(F)(F)F)OC. The minimum Gasteiger partial charge on any atom is -0.496 e. The van der Waals surface area contributed by atoms with Crippen LogP contribution in [0.5, 0.6) is 5.75 Å². The summed E-state index contributed by atoms with van der Waals surface area (Å²) in [6.07, 6.45) is -9.02. The molecule has 0 saturated carbocycles. The van der Waals surface area contributed by atoms with Crippen LogP contribution in [0.25, 0.3) is 0 Å². The van der Waals surface area contributed by atoms with Crippen molar-refractivity contribution in [2.24, 2.45) is 0 Å². The summed E-state index contributed by atoms with van der Waals surface area (Å²) in [6.45, 7) is 0.848. The Morgan fingerprint density at radius 2 is 1.31 bits per heavy atom. The lowest BCUT2D eigenvalue weighted by Gasteiger charge is -2.38. The average molecular weight is 398 g/mol. The van der Waals surface area contributed by atoms with E-state index in [2.05, 4.69) is 0 Å². The fourth-order valence-corrected chi connectivity index (χ4v) is 2.30. The highest BCUT2D eigenvalue weighted by Gasteiger charge is 2.82. The van der Waals surface area contributed by atoms with Crippen LogP contribution >= 0.6 is 0 Å². The third-order valence-corrected chi connectivity index (χ3v) is 3.90. The van der Waals surface area contributed by atoms with E-state index in [0.717, 1.165) is 27.2 Å². The Morgan fingerprint density at radius 3 is 1.73 bits per heavy atom. The highest BCUT2D eigenvalue weighted by Crippen LogP contribution is 2.56. The van der Waals surface area contributed by atoms with E-state index in [-0.39, 0.29) is 11.3 Å². The Bertz CT molecular complexity index is 628. The van der Waals surface area contributed by atoms with Gasteiger partial charge in [0.2, 0.25) is 0 Å². The molecule has 0 aliphatic carbocycles. The molecule has 0 amide bonds. The number of para-hydroxylation sites is 1. The number of methoxy groups -OCH3 is 2. The summed E-state index contributed by atoms with van der Waals surface area (Å²) in [6, 6.07) is 5.10. The monoisotopic (exact) mass is 398 g/mol. The van der Waals surface area contributed by atoms with Crippen molar-refractivity contribution < 1.29 is 49.0 Å². The van der Waals surface area contributed by atoms with E-state index < -0.39 is 36.0 Å². The number of alkyl halides is 9. The standard InChI is InChI=1S/C15H15F9O2/c1-11(26-3,9-6-4-5-7-10(9)25-2)8-12(16,17)13(18,19)14(20,21)15(22,23)24/h4-7H,8H2,1-3H3. The molecule has 11 heteroatoms. The van der Waals surface area contributed by atoms with Gasteiger partial charge >= 0.3 is 23.9 Å². The Hall–Kier alpha value is -1.65. The molecule has 0 fully saturated rings. The zero-order valence-corrected chi connectivity index (χ0v) is 13.7. The molecule has 1 unspecified atom stereocenters. The number of halogens is 9. The van der Waals surface area contributed by atoms with Gasteiger partial charge in [-0.05, 0) is 13.0 Å². The van der Waals surface area contributed by atoms with Crippen LogP contribution < -0.4 is 4.74 Å². The topological polar surface area (TPSA) is 18.5 Å². The predicted molar refractivity (Wildman–Crippen MR) is 72.9 cm³/mol. The summed E-state index contributed by atoms with van der Waals surface area (Å²) < 4.78 is 127. The van der Waals surface area contributed by atoms with Crippen molar-refractivity contribution in [3.63, 3.8) is 0 Å². The van der Waals surface area contributed by atoms with E-state index in [9.17, 15) is 39.5 Å². The number of hydrogen-bond acceptors (Lipinski definition) is 2. The van der Waals surface area contributed by atoms with Gasteiger partial charge in [0.1, 0.15) is 5.75 Å². The molecule has 26 heavy (non-hydrogen) atoms. The molecule has 1 aromatic carbocycles. The average Bonchev–Trinajstić information content (AvgIpc) is 2.52. The van der Waals surface area contributed by atoms with Crippen molar-refractivity contribution in [1.29, 1.82) is 0 Å². The second kappa shape index (κ2) is 6.82. The fourth-order valence-electron chi connectivity index (χ4n) is 2.30. The van der Waals surface area contributed by atoms with Crippen LogP contribution in [0.15, 0.2) is 24.3 Å². The number of benzene rings is 1. The molecule has 150 valence electrons. The van der Waals surface area contributed by atoms with Crippen LogP contribution in [-0.4, -0.2) is 38.2 Å². The van der Waals surface area contributed by atoms with E-state index in [1.807, 2.05) is 0 Å². The van der Waals surface area contributed by atoms with Gasteiger partial charge in [-0.1, -0.05) is 18.2 Å². The maximum absolute atomic E-state index is 14.0. The van der Waals surface area contributed by atoms with Crippen molar-refractivity contribution in [3.05, 3.63) is 29.8 Å². The second-order valence-corrected chi connectivity index (χ2v) is 5.66. The van der Waals surface area contributed by atoms with Gasteiger partial charge in [0.15, 0.2) is 0 Å². The maximum Gasteiger partial charge on any atom is 0.460 e. The van der Waals surface area contributed by atoms with Crippen LogP contribution in [-0.2, 0) is 10.3 Å². The summed E-state index contributed by atoms with van der Waals surface area (Å²) in [7, 11) is 1.95. The number of rotatable bonds is 7. The molecule has 0 aliphatic heterocycles. The van der Waals surface area contributed by atoms with Crippen LogP contribution in [0, 0.1) is 0 Å². The van der Waals surface area contributed by atoms with Crippen molar-refractivity contribution >= 4 is 0 Å². The van der Waals surface area contributed by atoms with Crippen molar-refractivity contribution in [2.45, 2.75) is 42.9 Å². The first-order valence-electron chi connectivity index (χ1n) is 6.96. The quantitative estimate of drug-likeness (QED) is 0.572. The number of ether oxygens (including phenoxy) is 2. The van der Waals surface area contributed by atoms with Crippen molar-refractivity contribution in [2.75, 3.05) is 14.2 Å². The minimum atomic E-state index is -6.95. The van der Waals surface area contributed by atoms with Gasteiger partial charge < -0.3 is 9.47 Å². The van der Waals surface area contributed by atoms with E-state index >= 15 is 0 Å². The lowest BCUT2D eigenvalue weighted by Crippen LogP contribution is -2.62. The normalized spacial score (nSPS) is 16.3. The van der Waals surface area contributed by atoms with Crippen LogP contribution in [0.2, 0.25) is 0 Å². The Labute approximate surface area is 142 Å². The first-order valence-corrected chi connectivity index (χ1v) is 6.96. The zero-order valence-electron chi connectivity index (χ0n) is 13.7. The fraction of sp³-hybridized carbons (Fsp3) is 0.600. The van der Waals surface area contributed by atoms with Crippen molar-refractivity contribution in [1.82, 2.24) is 0 Å². The molecule has 0 saturated heterocycles. The van der Waals surface area contributed by atoms with E-state index in [1.165, 1.54) is 18.2 Å². The third kappa shape index (κ3) is 3.58. The third-order valence-electron chi connectivity index (χ3n) is 3.90. The smallest absolute Gasteiger partial charge is 0.460 e. The summed E-state index contributed by atoms with van der Waals surface area (Å²) in [5.41, 5.74) is -2.57. The highest BCUT2D eigenvalue weighted by molar-refractivity contribution is 5.38. The summed E-state index contributed by atoms with van der Waals surface area (Å²) in [5.74, 6) is -19.5. The highest BCUT2D eigenvalue weighted by atomic mass is 19.4. The Morgan fingerprint density at radius 1 is 0.808 bits per heavy atom. The molecule has 1 aromatic rings. The summed E-state index contributed by atoms with van der Waals surface area (Å²) >= 11 is 0. The zero-order chi connectivity index (χ0) is 20.6. The molecule has 0 N–H and O–H groups in total. The first kappa shape index (κ1) is 22.4. The molecule has 0 heterocycles. The van der Waals surface area contributed by atoms with Gasteiger partial charge in [-0.15, -0.1) is 0 Å². The molecule has 1 atom stereocenters. The molecule has 0 spiro atoms.